The summed E-state index contributed by atoms with van der Waals surface area (Å²) < 4.78 is 0. The lowest BCUT2D eigenvalue weighted by atomic mass is 10.2. The van der Waals surface area contributed by atoms with E-state index in [4.69, 9.17) is 41.2 Å². The Morgan fingerprint density at radius 1 is 1.42 bits per heavy atom. The van der Waals surface area contributed by atoms with Crippen molar-refractivity contribution in [3.05, 3.63) is 28.2 Å². The highest BCUT2D eigenvalue weighted by atomic mass is 35.5. The predicted octanol–water partition coefficient (Wildman–Crippen LogP) is 3.38. The third-order valence-electron chi connectivity index (χ3n) is 2.49. The number of thiocarbonyl (C=S) groups is 1. The fraction of sp³-hybridized carbons (Fsp3) is 0.333. The largest absolute Gasteiger partial charge is 0.393 e. The minimum Gasteiger partial charge on any atom is -0.393 e. The number of nitrogens with two attached hydrogens (primary N) is 1. The average Bonchev–Trinajstić information content (AvgIpc) is 2.26. The van der Waals surface area contributed by atoms with Crippen molar-refractivity contribution >= 4 is 52.1 Å². The highest BCUT2D eigenvalue weighted by Gasteiger charge is 2.14. The van der Waals surface area contributed by atoms with Crippen LogP contribution >= 0.6 is 35.4 Å². The SMILES string of the molecule is CC(CN(C)C(=O)Nc1cc(Cl)cc(Cl)c1)C(N)=S. The Morgan fingerprint density at radius 3 is 2.42 bits per heavy atom. The van der Waals surface area contributed by atoms with Crippen molar-refractivity contribution in [2.45, 2.75) is 6.92 Å². The Morgan fingerprint density at radius 2 is 1.95 bits per heavy atom. The summed E-state index contributed by atoms with van der Waals surface area (Å²) in [6, 6.07) is 4.56. The van der Waals surface area contributed by atoms with Gasteiger partial charge in [0.1, 0.15) is 0 Å². The van der Waals surface area contributed by atoms with Crippen LogP contribution in [0.2, 0.25) is 10.0 Å². The molecule has 0 spiro atoms. The first kappa shape index (κ1) is 16.0. The molecule has 0 bridgehead atoms. The van der Waals surface area contributed by atoms with Crippen molar-refractivity contribution in [1.29, 1.82) is 0 Å². The van der Waals surface area contributed by atoms with E-state index in [1.54, 1.807) is 25.2 Å². The minimum absolute atomic E-state index is 0.0475. The van der Waals surface area contributed by atoms with E-state index in [0.29, 0.717) is 27.3 Å². The van der Waals surface area contributed by atoms with E-state index in [0.717, 1.165) is 0 Å². The molecule has 1 unspecified atom stereocenters. The van der Waals surface area contributed by atoms with Gasteiger partial charge in [-0.05, 0) is 18.2 Å². The van der Waals surface area contributed by atoms with Crippen LogP contribution in [-0.4, -0.2) is 29.5 Å². The Bertz CT molecular complexity index is 476. The lowest BCUT2D eigenvalue weighted by Crippen LogP contribution is -2.37. The number of benzene rings is 1. The standard InChI is InChI=1S/C12H15Cl2N3OS/c1-7(11(15)19)6-17(2)12(18)16-10-4-8(13)3-9(14)5-10/h3-5,7H,6H2,1-2H3,(H2,15,19)(H,16,18). The van der Waals surface area contributed by atoms with Crippen molar-refractivity contribution in [3.8, 4) is 0 Å². The summed E-state index contributed by atoms with van der Waals surface area (Å²) in [6.45, 7) is 2.30. The summed E-state index contributed by atoms with van der Waals surface area (Å²) in [5.74, 6) is -0.0475. The number of rotatable bonds is 4. The summed E-state index contributed by atoms with van der Waals surface area (Å²) in [6.07, 6.45) is 0. The molecule has 4 nitrogen and oxygen atoms in total. The number of carbonyl (C=O) groups excluding carboxylic acids is 1. The van der Waals surface area contributed by atoms with Crippen LogP contribution in [0.1, 0.15) is 6.92 Å². The molecule has 3 N–H and O–H groups in total. The van der Waals surface area contributed by atoms with Crippen molar-refractivity contribution in [1.82, 2.24) is 4.90 Å². The molecule has 19 heavy (non-hydrogen) atoms. The van der Waals surface area contributed by atoms with Crippen LogP contribution in [-0.2, 0) is 0 Å². The highest BCUT2D eigenvalue weighted by Crippen LogP contribution is 2.22. The Labute approximate surface area is 127 Å². The topological polar surface area (TPSA) is 58.4 Å². The lowest BCUT2D eigenvalue weighted by Gasteiger charge is -2.21. The fourth-order valence-electron chi connectivity index (χ4n) is 1.43. The Kier molecular flexibility index (Phi) is 5.85. The molecule has 0 aromatic heterocycles. The average molecular weight is 320 g/mol. The van der Waals surface area contributed by atoms with E-state index in [-0.39, 0.29) is 11.9 Å². The second-order valence-corrected chi connectivity index (χ2v) is 5.62. The number of carbonyl (C=O) groups is 1. The Hall–Kier alpha value is -1.04. The van der Waals surface area contributed by atoms with Gasteiger partial charge in [-0.15, -0.1) is 0 Å². The van der Waals surface area contributed by atoms with Crippen LogP contribution in [0.4, 0.5) is 10.5 Å². The summed E-state index contributed by atoms with van der Waals surface area (Å²) in [7, 11) is 1.66. The van der Waals surface area contributed by atoms with Crippen molar-refractivity contribution in [3.63, 3.8) is 0 Å². The number of nitrogens with zero attached hydrogens (tertiary/aromatic N) is 1. The second kappa shape index (κ2) is 6.93. The van der Waals surface area contributed by atoms with Crippen molar-refractivity contribution < 1.29 is 4.79 Å². The van der Waals surface area contributed by atoms with E-state index in [2.05, 4.69) is 5.32 Å². The molecule has 1 atom stereocenters. The molecule has 0 fully saturated rings. The molecule has 0 aliphatic heterocycles. The first-order valence-electron chi connectivity index (χ1n) is 5.57. The van der Waals surface area contributed by atoms with Gasteiger partial charge in [0, 0.05) is 35.2 Å². The Balaban J connectivity index is 2.66. The summed E-state index contributed by atoms with van der Waals surface area (Å²) in [4.78, 5) is 13.8. The van der Waals surface area contributed by atoms with Gasteiger partial charge in [-0.3, -0.25) is 0 Å². The molecule has 0 saturated heterocycles. The zero-order valence-electron chi connectivity index (χ0n) is 10.6. The highest BCUT2D eigenvalue weighted by molar-refractivity contribution is 7.80. The van der Waals surface area contributed by atoms with Gasteiger partial charge < -0.3 is 16.0 Å². The molecule has 104 valence electrons. The molecule has 1 rings (SSSR count). The smallest absolute Gasteiger partial charge is 0.321 e. The predicted molar refractivity (Wildman–Crippen MR) is 84.1 cm³/mol. The van der Waals surface area contributed by atoms with Gasteiger partial charge in [-0.2, -0.15) is 0 Å². The first-order chi connectivity index (χ1) is 8.79. The number of nitrogens with one attached hydrogen (secondary N) is 1. The molecule has 0 aliphatic carbocycles. The van der Waals surface area contributed by atoms with Crippen LogP contribution < -0.4 is 11.1 Å². The van der Waals surface area contributed by atoms with Crippen molar-refractivity contribution in [2.75, 3.05) is 18.9 Å². The fourth-order valence-corrected chi connectivity index (χ4v) is 2.03. The number of hydrogen-bond donors (Lipinski definition) is 2. The van der Waals surface area contributed by atoms with E-state index in [1.165, 1.54) is 4.90 Å². The quantitative estimate of drug-likeness (QED) is 0.836. The van der Waals surface area contributed by atoms with Crippen LogP contribution in [0.5, 0.6) is 0 Å². The molecular weight excluding hydrogens is 305 g/mol. The summed E-state index contributed by atoms with van der Waals surface area (Å²) in [5.41, 5.74) is 6.05. The maximum atomic E-state index is 11.9. The first-order valence-corrected chi connectivity index (χ1v) is 6.73. The van der Waals surface area contributed by atoms with Crippen LogP contribution in [0.25, 0.3) is 0 Å². The third kappa shape index (κ3) is 5.22. The third-order valence-corrected chi connectivity index (χ3v) is 3.33. The van der Waals surface area contributed by atoms with E-state index in [1.807, 2.05) is 6.92 Å². The van der Waals surface area contributed by atoms with Gasteiger partial charge in [0.05, 0.1) is 4.99 Å². The maximum absolute atomic E-state index is 11.9. The number of urea groups is 1. The van der Waals surface area contributed by atoms with E-state index in [9.17, 15) is 4.79 Å². The zero-order chi connectivity index (χ0) is 14.6. The summed E-state index contributed by atoms with van der Waals surface area (Å²) >= 11 is 16.6. The van der Waals surface area contributed by atoms with Gasteiger partial charge in [0.25, 0.3) is 0 Å². The number of amides is 2. The van der Waals surface area contributed by atoms with Gasteiger partial charge >= 0.3 is 6.03 Å². The molecule has 1 aromatic carbocycles. The monoisotopic (exact) mass is 319 g/mol. The molecule has 0 saturated carbocycles. The van der Waals surface area contributed by atoms with E-state index < -0.39 is 0 Å². The minimum atomic E-state index is -0.276. The van der Waals surface area contributed by atoms with Gasteiger partial charge in [0.2, 0.25) is 0 Å². The number of hydrogen-bond acceptors (Lipinski definition) is 2. The molecular formula is C12H15Cl2N3OS. The molecule has 2 amide bonds. The van der Waals surface area contributed by atoms with Crippen LogP contribution in [0.3, 0.4) is 0 Å². The number of anilines is 1. The van der Waals surface area contributed by atoms with Gasteiger partial charge in [-0.25, -0.2) is 4.79 Å². The van der Waals surface area contributed by atoms with Gasteiger partial charge in [0.15, 0.2) is 0 Å². The van der Waals surface area contributed by atoms with Gasteiger partial charge in [-0.1, -0.05) is 42.3 Å². The molecule has 7 heteroatoms. The van der Waals surface area contributed by atoms with E-state index >= 15 is 0 Å². The second-order valence-electron chi connectivity index (χ2n) is 4.27. The molecule has 0 heterocycles. The van der Waals surface area contributed by atoms with Crippen LogP contribution in [0, 0.1) is 5.92 Å². The van der Waals surface area contributed by atoms with Crippen molar-refractivity contribution in [2.24, 2.45) is 11.7 Å². The maximum Gasteiger partial charge on any atom is 0.321 e. The molecule has 0 radical (unpaired) electrons. The molecule has 1 aromatic rings. The molecule has 0 aliphatic rings. The lowest BCUT2D eigenvalue weighted by molar-refractivity contribution is 0.220. The van der Waals surface area contributed by atoms with Crippen LogP contribution in [0.15, 0.2) is 18.2 Å². The zero-order valence-corrected chi connectivity index (χ0v) is 12.9. The summed E-state index contributed by atoms with van der Waals surface area (Å²) in [5, 5.41) is 3.62. The number of halogens is 2. The normalized spacial score (nSPS) is 11.8.